The van der Waals surface area contributed by atoms with E-state index in [-0.39, 0.29) is 17.6 Å². The quantitative estimate of drug-likeness (QED) is 0.321. The van der Waals surface area contributed by atoms with E-state index in [0.717, 1.165) is 11.0 Å². The van der Waals surface area contributed by atoms with Crippen LogP contribution in [0.3, 0.4) is 0 Å². The Morgan fingerprint density at radius 3 is 2.40 bits per heavy atom. The molecule has 0 aliphatic heterocycles. The number of anilines is 2. The standard InChI is InChI=1S/C27H20FN5O2/c28-22-9-2-1-5-17(22)14-25-32-23-11-10-21(15-24(23)33-25)31-26(34)18-6-3-8-20(13-18)30-27(35)19-7-4-12-29-16-19/h1-13,15-16H,14H2,(H,30,35)(H,31,34)(H,32,33). The van der Waals surface area contributed by atoms with Gasteiger partial charge in [0, 0.05) is 35.8 Å². The van der Waals surface area contributed by atoms with Crippen LogP contribution in [0.15, 0.2) is 91.3 Å². The first-order valence-electron chi connectivity index (χ1n) is 10.9. The number of hydrogen-bond acceptors (Lipinski definition) is 4. The van der Waals surface area contributed by atoms with Crippen LogP contribution in [-0.2, 0) is 6.42 Å². The molecule has 0 spiro atoms. The monoisotopic (exact) mass is 465 g/mol. The fourth-order valence-electron chi connectivity index (χ4n) is 3.69. The first kappa shape index (κ1) is 22.0. The van der Waals surface area contributed by atoms with Gasteiger partial charge >= 0.3 is 0 Å². The summed E-state index contributed by atoms with van der Waals surface area (Å²) in [5.41, 5.74) is 3.88. The third-order valence-corrected chi connectivity index (χ3v) is 5.41. The van der Waals surface area contributed by atoms with E-state index in [2.05, 4.69) is 25.6 Å². The van der Waals surface area contributed by atoms with Crippen molar-refractivity contribution in [3.63, 3.8) is 0 Å². The van der Waals surface area contributed by atoms with E-state index in [1.54, 1.807) is 79.0 Å². The fraction of sp³-hybridized carbons (Fsp3) is 0.0370. The van der Waals surface area contributed by atoms with Crippen molar-refractivity contribution < 1.29 is 14.0 Å². The molecule has 0 bridgehead atoms. The maximum absolute atomic E-state index is 14.0. The van der Waals surface area contributed by atoms with Crippen molar-refractivity contribution >= 4 is 34.2 Å². The number of carbonyl (C=O) groups is 2. The van der Waals surface area contributed by atoms with Gasteiger partial charge in [-0.25, -0.2) is 9.37 Å². The van der Waals surface area contributed by atoms with Gasteiger partial charge in [0.05, 0.1) is 16.6 Å². The second kappa shape index (κ2) is 9.56. The van der Waals surface area contributed by atoms with Crippen molar-refractivity contribution in [1.82, 2.24) is 15.0 Å². The van der Waals surface area contributed by atoms with Crippen LogP contribution in [0, 0.1) is 5.82 Å². The molecule has 3 N–H and O–H groups in total. The molecule has 5 aromatic rings. The van der Waals surface area contributed by atoms with Crippen LogP contribution in [0.2, 0.25) is 0 Å². The van der Waals surface area contributed by atoms with Crippen molar-refractivity contribution in [2.75, 3.05) is 10.6 Å². The second-order valence-electron chi connectivity index (χ2n) is 7.91. The van der Waals surface area contributed by atoms with E-state index < -0.39 is 0 Å². The van der Waals surface area contributed by atoms with E-state index in [1.165, 1.54) is 12.3 Å². The number of aromatic amines is 1. The van der Waals surface area contributed by atoms with Crippen LogP contribution in [0.5, 0.6) is 0 Å². The molecule has 2 heterocycles. The summed E-state index contributed by atoms with van der Waals surface area (Å²) in [6, 6.07) is 21.9. The number of fused-ring (bicyclic) bond motifs is 1. The summed E-state index contributed by atoms with van der Waals surface area (Å²) in [5.74, 6) is -0.287. The van der Waals surface area contributed by atoms with Gasteiger partial charge < -0.3 is 15.6 Å². The number of pyridine rings is 1. The van der Waals surface area contributed by atoms with Crippen LogP contribution in [0.4, 0.5) is 15.8 Å². The molecule has 0 aliphatic carbocycles. The predicted molar refractivity (Wildman–Crippen MR) is 132 cm³/mol. The van der Waals surface area contributed by atoms with Crippen LogP contribution < -0.4 is 10.6 Å². The number of nitrogens with one attached hydrogen (secondary N) is 3. The zero-order chi connectivity index (χ0) is 24.2. The topological polar surface area (TPSA) is 99.8 Å². The van der Waals surface area contributed by atoms with Gasteiger partial charge in [0.15, 0.2) is 0 Å². The Bertz CT molecular complexity index is 1530. The number of aromatic nitrogens is 3. The van der Waals surface area contributed by atoms with Gasteiger partial charge in [0.2, 0.25) is 0 Å². The highest BCUT2D eigenvalue weighted by molar-refractivity contribution is 6.07. The summed E-state index contributed by atoms with van der Waals surface area (Å²) >= 11 is 0. The largest absolute Gasteiger partial charge is 0.342 e. The minimum atomic E-state index is -0.326. The SMILES string of the molecule is O=C(Nc1cccc(C(=O)Nc2ccc3nc(Cc4ccccc4F)[nH]c3c2)c1)c1cccnc1. The Morgan fingerprint density at radius 2 is 1.60 bits per heavy atom. The number of benzene rings is 3. The molecule has 7 nitrogen and oxygen atoms in total. The summed E-state index contributed by atoms with van der Waals surface area (Å²) in [6.07, 6.45) is 3.39. The number of H-pyrrole nitrogens is 1. The van der Waals surface area contributed by atoms with Crippen LogP contribution in [0.25, 0.3) is 11.0 Å². The lowest BCUT2D eigenvalue weighted by molar-refractivity contribution is 0.101. The summed E-state index contributed by atoms with van der Waals surface area (Å²) in [7, 11) is 0. The molecule has 2 amide bonds. The van der Waals surface area contributed by atoms with E-state index in [4.69, 9.17) is 0 Å². The first-order chi connectivity index (χ1) is 17.0. The summed E-state index contributed by atoms with van der Waals surface area (Å²) in [4.78, 5) is 36.8. The number of amides is 2. The molecule has 0 radical (unpaired) electrons. The normalized spacial score (nSPS) is 10.8. The minimum absolute atomic E-state index is 0.278. The molecular weight excluding hydrogens is 445 g/mol. The van der Waals surface area contributed by atoms with Gasteiger partial charge in [-0.3, -0.25) is 14.6 Å². The molecule has 3 aromatic carbocycles. The molecule has 0 atom stereocenters. The predicted octanol–water partition coefficient (Wildman–Crippen LogP) is 5.19. The van der Waals surface area contributed by atoms with E-state index in [9.17, 15) is 14.0 Å². The Hall–Kier alpha value is -4.85. The lowest BCUT2D eigenvalue weighted by Crippen LogP contribution is -2.14. The summed E-state index contributed by atoms with van der Waals surface area (Å²) in [6.45, 7) is 0. The van der Waals surface area contributed by atoms with Crippen molar-refractivity contribution in [3.05, 3.63) is 120 Å². The van der Waals surface area contributed by atoms with Crippen molar-refractivity contribution in [2.45, 2.75) is 6.42 Å². The molecule has 2 aromatic heterocycles. The van der Waals surface area contributed by atoms with Crippen molar-refractivity contribution in [3.8, 4) is 0 Å². The molecule has 35 heavy (non-hydrogen) atoms. The highest BCUT2D eigenvalue weighted by atomic mass is 19.1. The van der Waals surface area contributed by atoms with Crippen molar-refractivity contribution in [2.24, 2.45) is 0 Å². The third kappa shape index (κ3) is 5.06. The van der Waals surface area contributed by atoms with E-state index in [1.807, 2.05) is 0 Å². The molecule has 172 valence electrons. The molecular formula is C27H20FN5O2. The smallest absolute Gasteiger partial charge is 0.257 e. The summed E-state index contributed by atoms with van der Waals surface area (Å²) < 4.78 is 14.0. The maximum Gasteiger partial charge on any atom is 0.257 e. The Kier molecular flexibility index (Phi) is 6.00. The highest BCUT2D eigenvalue weighted by Gasteiger charge is 2.12. The molecule has 0 unspecified atom stereocenters. The van der Waals surface area contributed by atoms with Gasteiger partial charge in [-0.2, -0.15) is 0 Å². The average Bonchev–Trinajstić information content (AvgIpc) is 3.28. The Morgan fingerprint density at radius 1 is 0.829 bits per heavy atom. The summed E-state index contributed by atoms with van der Waals surface area (Å²) in [5, 5.41) is 5.63. The number of imidazole rings is 1. The van der Waals surface area contributed by atoms with Gasteiger partial charge in [-0.1, -0.05) is 24.3 Å². The molecule has 8 heteroatoms. The molecule has 0 saturated heterocycles. The maximum atomic E-state index is 14.0. The van der Waals surface area contributed by atoms with Gasteiger partial charge in [-0.15, -0.1) is 0 Å². The lowest BCUT2D eigenvalue weighted by atomic mass is 10.1. The number of halogens is 1. The molecule has 0 fully saturated rings. The van der Waals surface area contributed by atoms with Gasteiger partial charge in [0.1, 0.15) is 11.6 Å². The number of hydrogen-bond donors (Lipinski definition) is 3. The van der Waals surface area contributed by atoms with E-state index >= 15 is 0 Å². The molecule has 0 saturated carbocycles. The Balaban J connectivity index is 1.29. The third-order valence-electron chi connectivity index (χ3n) is 5.41. The number of rotatable bonds is 6. The van der Waals surface area contributed by atoms with E-state index in [0.29, 0.717) is 40.3 Å². The zero-order valence-corrected chi connectivity index (χ0v) is 18.5. The zero-order valence-electron chi connectivity index (χ0n) is 18.5. The van der Waals surface area contributed by atoms with Crippen molar-refractivity contribution in [1.29, 1.82) is 0 Å². The first-order valence-corrected chi connectivity index (χ1v) is 10.9. The average molecular weight is 465 g/mol. The molecule has 0 aliphatic rings. The fourth-order valence-corrected chi connectivity index (χ4v) is 3.69. The highest BCUT2D eigenvalue weighted by Crippen LogP contribution is 2.21. The number of nitrogens with zero attached hydrogens (tertiary/aromatic N) is 2. The Labute approximate surface area is 200 Å². The molecule has 5 rings (SSSR count). The van der Waals surface area contributed by atoms with Crippen LogP contribution in [0.1, 0.15) is 32.1 Å². The second-order valence-corrected chi connectivity index (χ2v) is 7.91. The van der Waals surface area contributed by atoms with Gasteiger partial charge in [0.25, 0.3) is 11.8 Å². The van der Waals surface area contributed by atoms with Gasteiger partial charge in [-0.05, 0) is 60.2 Å². The minimum Gasteiger partial charge on any atom is -0.342 e. The number of carbonyl (C=O) groups excluding carboxylic acids is 2. The van der Waals surface area contributed by atoms with Crippen LogP contribution >= 0.6 is 0 Å². The lowest BCUT2D eigenvalue weighted by Gasteiger charge is -2.08. The van der Waals surface area contributed by atoms with Crippen LogP contribution in [-0.4, -0.2) is 26.8 Å².